The molecular weight excluding hydrogens is 362 g/mol. The number of aromatic nitrogens is 1. The second-order valence-corrected chi connectivity index (χ2v) is 7.60. The lowest BCUT2D eigenvalue weighted by Gasteiger charge is -2.38. The van der Waals surface area contributed by atoms with E-state index in [1.165, 1.54) is 6.92 Å². The van der Waals surface area contributed by atoms with Gasteiger partial charge in [0.05, 0.1) is 22.4 Å². The number of halogens is 1. The van der Waals surface area contributed by atoms with Crippen LogP contribution in [0.1, 0.15) is 46.0 Å². The largest absolute Gasteiger partial charge is 0.368 e. The minimum absolute atomic E-state index is 0.0127. The van der Waals surface area contributed by atoms with Gasteiger partial charge in [0, 0.05) is 37.4 Å². The van der Waals surface area contributed by atoms with E-state index in [2.05, 4.69) is 14.8 Å². The fourth-order valence-corrected chi connectivity index (χ4v) is 4.21. The van der Waals surface area contributed by atoms with Gasteiger partial charge in [-0.25, -0.2) is 0 Å². The Morgan fingerprint density at radius 2 is 1.74 bits per heavy atom. The van der Waals surface area contributed by atoms with Gasteiger partial charge >= 0.3 is 0 Å². The van der Waals surface area contributed by atoms with Crippen molar-refractivity contribution in [1.82, 2.24) is 9.88 Å². The number of carbonyl (C=O) groups excluding carboxylic acids is 2. The van der Waals surface area contributed by atoms with Crippen molar-refractivity contribution >= 4 is 28.9 Å². The smallest absolute Gasteiger partial charge is 0.196 e. The third kappa shape index (κ3) is 3.80. The Morgan fingerprint density at radius 3 is 2.30 bits per heavy atom. The molecule has 2 heterocycles. The molecule has 1 atom stereocenters. The monoisotopic (exact) mass is 387 g/mol. The molecule has 27 heavy (non-hydrogen) atoms. The first-order chi connectivity index (χ1) is 12.8. The van der Waals surface area contributed by atoms with Crippen molar-refractivity contribution in [3.05, 3.63) is 51.8 Å². The van der Waals surface area contributed by atoms with Crippen molar-refractivity contribution in [2.24, 2.45) is 0 Å². The predicted molar refractivity (Wildman–Crippen MR) is 109 cm³/mol. The van der Waals surface area contributed by atoms with Gasteiger partial charge in [0.2, 0.25) is 0 Å². The van der Waals surface area contributed by atoms with E-state index in [0.29, 0.717) is 11.3 Å². The lowest BCUT2D eigenvalue weighted by molar-refractivity contribution is 0.0824. The number of nitrogens with one attached hydrogen (secondary N) is 1. The molecule has 1 fully saturated rings. The zero-order valence-electron chi connectivity index (χ0n) is 16.3. The second-order valence-electron chi connectivity index (χ2n) is 7.20. The number of para-hydroxylation sites is 1. The van der Waals surface area contributed by atoms with Crippen molar-refractivity contribution in [3.63, 3.8) is 0 Å². The van der Waals surface area contributed by atoms with Crippen LogP contribution in [0, 0.1) is 13.8 Å². The van der Waals surface area contributed by atoms with E-state index < -0.39 is 0 Å². The van der Waals surface area contributed by atoms with Gasteiger partial charge in [-0.3, -0.25) is 14.5 Å². The molecule has 0 spiro atoms. The summed E-state index contributed by atoms with van der Waals surface area (Å²) in [5.74, 6) is 0.0237. The van der Waals surface area contributed by atoms with Gasteiger partial charge in [-0.05, 0) is 45.4 Å². The number of nitrogens with zero attached hydrogens (tertiary/aromatic N) is 2. The number of rotatable bonds is 5. The number of ketones is 2. The first kappa shape index (κ1) is 19.6. The number of carbonyl (C=O) groups is 2. The molecule has 0 radical (unpaired) electrons. The van der Waals surface area contributed by atoms with Crippen LogP contribution in [0.5, 0.6) is 0 Å². The van der Waals surface area contributed by atoms with Gasteiger partial charge in [-0.1, -0.05) is 23.7 Å². The highest BCUT2D eigenvalue weighted by atomic mass is 35.5. The molecule has 0 aliphatic carbocycles. The molecule has 1 aliphatic rings. The van der Waals surface area contributed by atoms with Crippen LogP contribution in [-0.2, 0) is 0 Å². The maximum Gasteiger partial charge on any atom is 0.196 e. The number of aryl methyl sites for hydroxylation is 1. The molecule has 1 saturated heterocycles. The molecule has 6 heteroatoms. The van der Waals surface area contributed by atoms with Crippen molar-refractivity contribution in [1.29, 1.82) is 0 Å². The van der Waals surface area contributed by atoms with Crippen molar-refractivity contribution < 1.29 is 9.59 Å². The summed E-state index contributed by atoms with van der Waals surface area (Å²) >= 11 is 6.31. The SMILES string of the molecule is CC(=O)c1c(C)[nH]c(C(=O)C(C)N2CCN(c3ccccc3Cl)CC2)c1C. The molecule has 0 bridgehead atoms. The summed E-state index contributed by atoms with van der Waals surface area (Å²) in [4.78, 5) is 32.5. The first-order valence-electron chi connectivity index (χ1n) is 9.29. The number of hydrogen-bond donors (Lipinski definition) is 1. The summed E-state index contributed by atoms with van der Waals surface area (Å²) in [5, 5.41) is 0.754. The summed E-state index contributed by atoms with van der Waals surface area (Å²) in [6.45, 7) is 10.4. The van der Waals surface area contributed by atoms with Gasteiger partial charge in [-0.15, -0.1) is 0 Å². The number of aromatic amines is 1. The Morgan fingerprint density at radius 1 is 1.11 bits per heavy atom. The van der Waals surface area contributed by atoms with E-state index in [4.69, 9.17) is 11.6 Å². The molecule has 1 aliphatic heterocycles. The highest BCUT2D eigenvalue weighted by molar-refractivity contribution is 6.33. The molecule has 1 aromatic heterocycles. The molecule has 0 saturated carbocycles. The van der Waals surface area contributed by atoms with Gasteiger partial charge in [0.15, 0.2) is 11.6 Å². The Bertz CT molecular complexity index is 866. The molecule has 0 amide bonds. The fraction of sp³-hybridized carbons (Fsp3) is 0.429. The van der Waals surface area contributed by atoms with Gasteiger partial charge in [0.1, 0.15) is 0 Å². The van der Waals surface area contributed by atoms with Gasteiger partial charge < -0.3 is 9.88 Å². The van der Waals surface area contributed by atoms with Crippen LogP contribution in [0.25, 0.3) is 0 Å². The summed E-state index contributed by atoms with van der Waals surface area (Å²) in [5.41, 5.74) is 3.75. The van der Waals surface area contributed by atoms with E-state index in [1.807, 2.05) is 45.0 Å². The zero-order valence-corrected chi connectivity index (χ0v) is 17.1. The normalized spacial score (nSPS) is 16.4. The van der Waals surface area contributed by atoms with E-state index >= 15 is 0 Å². The number of anilines is 1. The maximum absolute atomic E-state index is 13.0. The third-order valence-electron chi connectivity index (χ3n) is 5.47. The highest BCUT2D eigenvalue weighted by Gasteiger charge is 2.29. The summed E-state index contributed by atoms with van der Waals surface area (Å²) in [6, 6.07) is 7.61. The Kier molecular flexibility index (Phi) is 5.72. The van der Waals surface area contributed by atoms with E-state index in [0.717, 1.165) is 48.1 Å². The molecule has 1 aromatic carbocycles. The molecule has 5 nitrogen and oxygen atoms in total. The third-order valence-corrected chi connectivity index (χ3v) is 5.79. The minimum Gasteiger partial charge on any atom is -0.368 e. The van der Waals surface area contributed by atoms with E-state index in [1.54, 1.807) is 0 Å². The lowest BCUT2D eigenvalue weighted by atomic mass is 10.0. The van der Waals surface area contributed by atoms with Gasteiger partial charge in [-0.2, -0.15) is 0 Å². The number of Topliss-reactive ketones (excluding diaryl/α,β-unsaturated/α-hetero) is 2. The molecule has 144 valence electrons. The first-order valence-corrected chi connectivity index (χ1v) is 9.67. The van der Waals surface area contributed by atoms with E-state index in [9.17, 15) is 9.59 Å². The molecular formula is C21H26ClN3O2. The Labute approximate surface area is 165 Å². The number of H-pyrrole nitrogens is 1. The highest BCUT2D eigenvalue weighted by Crippen LogP contribution is 2.27. The van der Waals surface area contributed by atoms with Crippen LogP contribution in [-0.4, -0.2) is 53.7 Å². The van der Waals surface area contributed by atoms with Crippen LogP contribution >= 0.6 is 11.6 Å². The number of piperazine rings is 1. The van der Waals surface area contributed by atoms with E-state index in [-0.39, 0.29) is 17.6 Å². The molecule has 3 rings (SSSR count). The number of hydrogen-bond acceptors (Lipinski definition) is 4. The van der Waals surface area contributed by atoms with Crippen LogP contribution in [0.3, 0.4) is 0 Å². The quantitative estimate of drug-likeness (QED) is 0.791. The van der Waals surface area contributed by atoms with Crippen molar-refractivity contribution in [3.8, 4) is 0 Å². The average molecular weight is 388 g/mol. The molecule has 2 aromatic rings. The number of benzene rings is 1. The zero-order chi connectivity index (χ0) is 19.7. The Balaban J connectivity index is 1.70. The Hall–Kier alpha value is -2.11. The topological polar surface area (TPSA) is 56.4 Å². The van der Waals surface area contributed by atoms with Gasteiger partial charge in [0.25, 0.3) is 0 Å². The summed E-state index contributed by atoms with van der Waals surface area (Å²) in [6.07, 6.45) is 0. The van der Waals surface area contributed by atoms with Crippen LogP contribution < -0.4 is 4.90 Å². The standard InChI is InChI=1S/C21H26ClN3O2/c1-13-19(16(4)26)14(2)23-20(13)21(27)15(3)24-9-11-25(12-10-24)18-8-6-5-7-17(18)22/h5-8,15,23H,9-12H2,1-4H3. The minimum atomic E-state index is -0.241. The average Bonchev–Trinajstić information content (AvgIpc) is 2.95. The second kappa shape index (κ2) is 7.87. The predicted octanol–water partition coefficient (Wildman–Crippen LogP) is 3.88. The maximum atomic E-state index is 13.0. The van der Waals surface area contributed by atoms with Crippen molar-refractivity contribution in [2.45, 2.75) is 33.7 Å². The molecule has 1 unspecified atom stereocenters. The fourth-order valence-electron chi connectivity index (χ4n) is 3.96. The van der Waals surface area contributed by atoms with Crippen LogP contribution in [0.4, 0.5) is 5.69 Å². The summed E-state index contributed by atoms with van der Waals surface area (Å²) in [7, 11) is 0. The van der Waals surface area contributed by atoms with Crippen LogP contribution in [0.2, 0.25) is 5.02 Å². The lowest BCUT2D eigenvalue weighted by Crippen LogP contribution is -2.52. The molecule has 1 N–H and O–H groups in total. The van der Waals surface area contributed by atoms with Crippen LogP contribution in [0.15, 0.2) is 24.3 Å². The summed E-state index contributed by atoms with van der Waals surface area (Å²) < 4.78 is 0. The van der Waals surface area contributed by atoms with Crippen molar-refractivity contribution in [2.75, 3.05) is 31.1 Å².